The minimum atomic E-state index is -0.541. The number of carbonyl (C=O) groups is 2. The van der Waals surface area contributed by atoms with Gasteiger partial charge < -0.3 is 15.8 Å². The zero-order chi connectivity index (χ0) is 16.7. The molecule has 5 nitrogen and oxygen atoms in total. The second kappa shape index (κ2) is 8.67. The molecule has 1 saturated carbocycles. The second-order valence-corrected chi connectivity index (χ2v) is 6.11. The largest absolute Gasteiger partial charge is 0.466 e. The lowest BCUT2D eigenvalue weighted by atomic mass is 9.86. The average molecular weight is 318 g/mol. The Hall–Kier alpha value is -1.88. The van der Waals surface area contributed by atoms with E-state index in [1.165, 1.54) is 0 Å². The molecule has 0 spiro atoms. The van der Waals surface area contributed by atoms with Gasteiger partial charge in [0, 0.05) is 6.04 Å². The summed E-state index contributed by atoms with van der Waals surface area (Å²) in [5.74, 6) is -0.257. The Labute approximate surface area is 137 Å². The molecule has 23 heavy (non-hydrogen) atoms. The monoisotopic (exact) mass is 318 g/mol. The van der Waals surface area contributed by atoms with Crippen LogP contribution in [0.4, 0.5) is 0 Å². The molecular weight excluding hydrogens is 292 g/mol. The van der Waals surface area contributed by atoms with Crippen molar-refractivity contribution in [3.05, 3.63) is 35.9 Å². The van der Waals surface area contributed by atoms with Crippen molar-refractivity contribution in [2.45, 2.75) is 51.1 Å². The Kier molecular flexibility index (Phi) is 6.59. The van der Waals surface area contributed by atoms with Crippen LogP contribution in [0.2, 0.25) is 0 Å². The molecule has 0 aromatic heterocycles. The van der Waals surface area contributed by atoms with E-state index in [1.54, 1.807) is 0 Å². The van der Waals surface area contributed by atoms with Crippen molar-refractivity contribution in [3.8, 4) is 0 Å². The first-order valence-electron chi connectivity index (χ1n) is 8.36. The number of hydrogen-bond acceptors (Lipinski definition) is 4. The van der Waals surface area contributed by atoms with E-state index < -0.39 is 6.04 Å². The molecule has 0 bridgehead atoms. The highest BCUT2D eigenvalue weighted by Crippen LogP contribution is 2.25. The van der Waals surface area contributed by atoms with Crippen molar-refractivity contribution in [1.29, 1.82) is 0 Å². The van der Waals surface area contributed by atoms with Gasteiger partial charge in [-0.25, -0.2) is 0 Å². The minimum absolute atomic E-state index is 0.0268. The van der Waals surface area contributed by atoms with Crippen molar-refractivity contribution in [1.82, 2.24) is 5.32 Å². The molecule has 5 heteroatoms. The van der Waals surface area contributed by atoms with Crippen LogP contribution in [0.3, 0.4) is 0 Å². The van der Waals surface area contributed by atoms with Crippen LogP contribution in [0.25, 0.3) is 0 Å². The van der Waals surface area contributed by atoms with Gasteiger partial charge in [-0.05, 0) is 44.6 Å². The number of nitrogens with one attached hydrogen (secondary N) is 1. The molecule has 1 unspecified atom stereocenters. The second-order valence-electron chi connectivity index (χ2n) is 6.11. The lowest BCUT2D eigenvalue weighted by Gasteiger charge is -2.28. The number of ether oxygens (including phenoxy) is 1. The molecule has 1 aromatic rings. The van der Waals surface area contributed by atoms with Gasteiger partial charge in [-0.15, -0.1) is 0 Å². The van der Waals surface area contributed by atoms with Crippen LogP contribution < -0.4 is 11.1 Å². The van der Waals surface area contributed by atoms with Crippen molar-refractivity contribution in [3.63, 3.8) is 0 Å². The Morgan fingerprint density at radius 1 is 1.22 bits per heavy atom. The van der Waals surface area contributed by atoms with E-state index >= 15 is 0 Å². The smallest absolute Gasteiger partial charge is 0.308 e. The van der Waals surface area contributed by atoms with Crippen LogP contribution in [0.5, 0.6) is 0 Å². The molecule has 0 heterocycles. The Balaban J connectivity index is 1.75. The summed E-state index contributed by atoms with van der Waals surface area (Å²) >= 11 is 0. The highest BCUT2D eigenvalue weighted by Gasteiger charge is 2.28. The highest BCUT2D eigenvalue weighted by atomic mass is 16.5. The number of nitrogens with two attached hydrogens (primary N) is 1. The third kappa shape index (κ3) is 5.36. The summed E-state index contributed by atoms with van der Waals surface area (Å²) < 4.78 is 5.06. The molecule has 1 aliphatic carbocycles. The quantitative estimate of drug-likeness (QED) is 0.784. The summed E-state index contributed by atoms with van der Waals surface area (Å²) in [6.45, 7) is 2.24. The first-order chi connectivity index (χ1) is 11.1. The van der Waals surface area contributed by atoms with E-state index in [-0.39, 0.29) is 23.8 Å². The maximum Gasteiger partial charge on any atom is 0.308 e. The van der Waals surface area contributed by atoms with Gasteiger partial charge in [0.1, 0.15) is 0 Å². The summed E-state index contributed by atoms with van der Waals surface area (Å²) in [4.78, 5) is 23.9. The predicted molar refractivity (Wildman–Crippen MR) is 88.6 cm³/mol. The maximum atomic E-state index is 12.2. The molecular formula is C18H26N2O3. The van der Waals surface area contributed by atoms with Gasteiger partial charge in [0.15, 0.2) is 0 Å². The summed E-state index contributed by atoms with van der Waals surface area (Å²) in [6, 6.07) is 9.33. The van der Waals surface area contributed by atoms with Crippen molar-refractivity contribution in [2.75, 3.05) is 6.61 Å². The summed E-state index contributed by atoms with van der Waals surface area (Å²) in [6.07, 6.45) is 3.65. The molecule has 1 amide bonds. The molecule has 0 saturated heterocycles. The van der Waals surface area contributed by atoms with Crippen LogP contribution in [-0.4, -0.2) is 30.6 Å². The van der Waals surface area contributed by atoms with Gasteiger partial charge in [-0.3, -0.25) is 9.59 Å². The highest BCUT2D eigenvalue weighted by molar-refractivity contribution is 5.82. The summed E-state index contributed by atoms with van der Waals surface area (Å²) in [5.41, 5.74) is 7.05. The fourth-order valence-electron chi connectivity index (χ4n) is 3.00. The summed E-state index contributed by atoms with van der Waals surface area (Å²) in [5, 5.41) is 3.01. The number of benzene rings is 1. The fraction of sp³-hybridized carbons (Fsp3) is 0.556. The van der Waals surface area contributed by atoms with Gasteiger partial charge in [0.25, 0.3) is 0 Å². The number of esters is 1. The molecule has 126 valence electrons. The topological polar surface area (TPSA) is 81.4 Å². The van der Waals surface area contributed by atoms with Crippen LogP contribution in [0.1, 0.15) is 38.2 Å². The van der Waals surface area contributed by atoms with Crippen molar-refractivity contribution >= 4 is 11.9 Å². The number of carbonyl (C=O) groups excluding carboxylic acids is 2. The average Bonchev–Trinajstić information content (AvgIpc) is 2.56. The molecule has 1 fully saturated rings. The normalized spacial score (nSPS) is 22.2. The van der Waals surface area contributed by atoms with E-state index in [0.29, 0.717) is 13.0 Å². The van der Waals surface area contributed by atoms with Gasteiger partial charge in [0.05, 0.1) is 18.6 Å². The molecule has 0 aliphatic heterocycles. The maximum absolute atomic E-state index is 12.2. The first kappa shape index (κ1) is 17.5. The van der Waals surface area contributed by atoms with Gasteiger partial charge in [-0.2, -0.15) is 0 Å². The lowest BCUT2D eigenvalue weighted by molar-refractivity contribution is -0.149. The van der Waals surface area contributed by atoms with Crippen LogP contribution in [0, 0.1) is 5.92 Å². The molecule has 2 rings (SSSR count). The SMILES string of the molecule is CCOC(=O)C1CCC(NC(=O)C(N)Cc2ccccc2)CC1. The van der Waals surface area contributed by atoms with E-state index in [9.17, 15) is 9.59 Å². The summed E-state index contributed by atoms with van der Waals surface area (Å²) in [7, 11) is 0. The third-order valence-corrected chi connectivity index (χ3v) is 4.33. The minimum Gasteiger partial charge on any atom is -0.466 e. The molecule has 1 aliphatic rings. The van der Waals surface area contributed by atoms with E-state index in [0.717, 1.165) is 31.2 Å². The van der Waals surface area contributed by atoms with Crippen LogP contribution in [-0.2, 0) is 20.7 Å². The number of rotatable bonds is 6. The number of amides is 1. The van der Waals surface area contributed by atoms with E-state index in [4.69, 9.17) is 10.5 Å². The number of hydrogen-bond donors (Lipinski definition) is 2. The van der Waals surface area contributed by atoms with E-state index in [1.807, 2.05) is 37.3 Å². The Morgan fingerprint density at radius 2 is 1.87 bits per heavy atom. The Bertz CT molecular complexity index is 510. The van der Waals surface area contributed by atoms with Crippen LogP contribution >= 0.6 is 0 Å². The molecule has 3 N–H and O–H groups in total. The zero-order valence-corrected chi connectivity index (χ0v) is 13.7. The van der Waals surface area contributed by atoms with Crippen molar-refractivity contribution in [2.24, 2.45) is 11.7 Å². The van der Waals surface area contributed by atoms with Gasteiger partial charge >= 0.3 is 5.97 Å². The van der Waals surface area contributed by atoms with Gasteiger partial charge in [-0.1, -0.05) is 30.3 Å². The lowest BCUT2D eigenvalue weighted by Crippen LogP contribution is -2.47. The molecule has 0 radical (unpaired) electrons. The molecule has 1 aromatic carbocycles. The third-order valence-electron chi connectivity index (χ3n) is 4.33. The van der Waals surface area contributed by atoms with Gasteiger partial charge in [0.2, 0.25) is 5.91 Å². The predicted octanol–water partition coefficient (Wildman–Crippen LogP) is 1.79. The zero-order valence-electron chi connectivity index (χ0n) is 13.7. The van der Waals surface area contributed by atoms with Crippen LogP contribution in [0.15, 0.2) is 30.3 Å². The molecule has 1 atom stereocenters. The first-order valence-corrected chi connectivity index (χ1v) is 8.36. The van der Waals surface area contributed by atoms with E-state index in [2.05, 4.69) is 5.32 Å². The standard InChI is InChI=1S/C18H26N2O3/c1-2-23-18(22)14-8-10-15(11-9-14)20-17(21)16(19)12-13-6-4-3-5-7-13/h3-7,14-16H,2,8-12,19H2,1H3,(H,20,21). The van der Waals surface area contributed by atoms with Crippen molar-refractivity contribution < 1.29 is 14.3 Å². The Morgan fingerprint density at radius 3 is 2.48 bits per heavy atom. The fourth-order valence-corrected chi connectivity index (χ4v) is 3.00.